The molecule has 1 atom stereocenters. The maximum absolute atomic E-state index is 10.1. The van der Waals surface area contributed by atoms with Crippen molar-refractivity contribution in [3.05, 3.63) is 59.2 Å². The van der Waals surface area contributed by atoms with Gasteiger partial charge in [-0.05, 0) is 48.4 Å². The molecule has 0 aromatic heterocycles. The first-order valence-electron chi connectivity index (χ1n) is 6.62. The van der Waals surface area contributed by atoms with E-state index in [9.17, 15) is 5.11 Å². The minimum Gasteiger partial charge on any atom is -0.388 e. The summed E-state index contributed by atoms with van der Waals surface area (Å²) in [4.78, 5) is 0. The van der Waals surface area contributed by atoms with Crippen LogP contribution in [-0.4, -0.2) is 5.11 Å². The van der Waals surface area contributed by atoms with Gasteiger partial charge in [0.25, 0.3) is 0 Å². The van der Waals surface area contributed by atoms with E-state index in [-0.39, 0.29) is 6.10 Å². The molecule has 2 aromatic rings. The smallest absolute Gasteiger partial charge is 0.0793 e. The average Bonchev–Trinajstić information content (AvgIpc) is 2.40. The van der Waals surface area contributed by atoms with E-state index >= 15 is 0 Å². The van der Waals surface area contributed by atoms with Crippen molar-refractivity contribution in [2.24, 2.45) is 0 Å². The largest absolute Gasteiger partial charge is 0.388 e. The SMILES string of the molecule is Cc1ccc(-c2cccc3c2CCCC3O)cc1. The minimum atomic E-state index is -0.279. The number of aryl methyl sites for hydroxylation is 1. The predicted octanol–water partition coefficient (Wildman–Crippen LogP) is 4.03. The van der Waals surface area contributed by atoms with Crippen molar-refractivity contribution in [1.82, 2.24) is 0 Å². The number of aliphatic hydroxyl groups is 1. The first-order valence-corrected chi connectivity index (χ1v) is 6.62. The van der Waals surface area contributed by atoms with Crippen molar-refractivity contribution in [3.63, 3.8) is 0 Å². The van der Waals surface area contributed by atoms with Crippen LogP contribution in [0.1, 0.15) is 35.6 Å². The fraction of sp³-hybridized carbons (Fsp3) is 0.294. The molecule has 0 aliphatic heterocycles. The molecule has 1 aliphatic rings. The van der Waals surface area contributed by atoms with E-state index in [1.54, 1.807) is 0 Å². The van der Waals surface area contributed by atoms with E-state index in [1.165, 1.54) is 22.3 Å². The molecule has 1 heteroatoms. The van der Waals surface area contributed by atoms with Crippen molar-refractivity contribution >= 4 is 0 Å². The summed E-state index contributed by atoms with van der Waals surface area (Å²) in [7, 11) is 0. The van der Waals surface area contributed by atoms with Gasteiger partial charge in [-0.2, -0.15) is 0 Å². The van der Waals surface area contributed by atoms with Crippen LogP contribution in [0.25, 0.3) is 11.1 Å². The Morgan fingerprint density at radius 3 is 2.61 bits per heavy atom. The van der Waals surface area contributed by atoms with Crippen LogP contribution < -0.4 is 0 Å². The third-order valence-corrected chi connectivity index (χ3v) is 3.84. The van der Waals surface area contributed by atoms with Gasteiger partial charge in [-0.1, -0.05) is 48.0 Å². The summed E-state index contributed by atoms with van der Waals surface area (Å²) in [5.41, 5.74) is 6.28. The molecule has 0 amide bonds. The minimum absolute atomic E-state index is 0.279. The molecule has 18 heavy (non-hydrogen) atoms. The summed E-state index contributed by atoms with van der Waals surface area (Å²) in [6.45, 7) is 2.11. The normalized spacial score (nSPS) is 18.4. The van der Waals surface area contributed by atoms with Gasteiger partial charge in [0.2, 0.25) is 0 Å². The van der Waals surface area contributed by atoms with Crippen LogP contribution in [0.3, 0.4) is 0 Å². The molecule has 0 saturated heterocycles. The molecule has 92 valence electrons. The van der Waals surface area contributed by atoms with E-state index < -0.39 is 0 Å². The molecule has 0 bridgehead atoms. The van der Waals surface area contributed by atoms with Gasteiger partial charge in [-0.25, -0.2) is 0 Å². The average molecular weight is 238 g/mol. The molecule has 1 nitrogen and oxygen atoms in total. The monoisotopic (exact) mass is 238 g/mol. The predicted molar refractivity (Wildman–Crippen MR) is 74.5 cm³/mol. The van der Waals surface area contributed by atoms with E-state index in [0.29, 0.717) is 0 Å². The summed E-state index contributed by atoms with van der Waals surface area (Å²) in [5, 5.41) is 10.1. The van der Waals surface area contributed by atoms with E-state index in [2.05, 4.69) is 49.4 Å². The van der Waals surface area contributed by atoms with Crippen molar-refractivity contribution in [1.29, 1.82) is 0 Å². The lowest BCUT2D eigenvalue weighted by molar-refractivity contribution is 0.156. The lowest BCUT2D eigenvalue weighted by atomic mass is 9.84. The van der Waals surface area contributed by atoms with Crippen LogP contribution >= 0.6 is 0 Å². The Balaban J connectivity index is 2.12. The van der Waals surface area contributed by atoms with Gasteiger partial charge in [0.1, 0.15) is 0 Å². The van der Waals surface area contributed by atoms with E-state index in [4.69, 9.17) is 0 Å². The fourth-order valence-corrected chi connectivity index (χ4v) is 2.83. The second-order valence-electron chi connectivity index (χ2n) is 5.15. The topological polar surface area (TPSA) is 20.2 Å². The molecule has 3 rings (SSSR count). The van der Waals surface area contributed by atoms with Gasteiger partial charge in [0, 0.05) is 0 Å². The maximum atomic E-state index is 10.1. The standard InChI is InChI=1S/C17H18O/c1-12-8-10-13(11-9-12)14-4-2-6-16-15(14)5-3-7-17(16)18/h2,4,6,8-11,17-18H,3,5,7H2,1H3. The van der Waals surface area contributed by atoms with Crippen LogP contribution in [0.4, 0.5) is 0 Å². The zero-order chi connectivity index (χ0) is 12.5. The summed E-state index contributed by atoms with van der Waals surface area (Å²) >= 11 is 0. The molecule has 1 unspecified atom stereocenters. The maximum Gasteiger partial charge on any atom is 0.0793 e. The summed E-state index contributed by atoms with van der Waals surface area (Å²) in [5.74, 6) is 0. The van der Waals surface area contributed by atoms with Crippen LogP contribution in [0.5, 0.6) is 0 Å². The second-order valence-corrected chi connectivity index (χ2v) is 5.15. The van der Waals surface area contributed by atoms with Crippen molar-refractivity contribution in [2.45, 2.75) is 32.3 Å². The number of hydrogen-bond acceptors (Lipinski definition) is 1. The second kappa shape index (κ2) is 4.58. The Morgan fingerprint density at radius 2 is 1.83 bits per heavy atom. The molecule has 1 N–H and O–H groups in total. The molecule has 0 radical (unpaired) electrons. The summed E-state index contributed by atoms with van der Waals surface area (Å²) < 4.78 is 0. The quantitative estimate of drug-likeness (QED) is 0.795. The first-order chi connectivity index (χ1) is 8.75. The summed E-state index contributed by atoms with van der Waals surface area (Å²) in [6.07, 6.45) is 2.77. The molecular formula is C17H18O. The lowest BCUT2D eigenvalue weighted by Gasteiger charge is -2.24. The van der Waals surface area contributed by atoms with Gasteiger partial charge in [-0.3, -0.25) is 0 Å². The molecule has 0 fully saturated rings. The Labute approximate surface area is 108 Å². The highest BCUT2D eigenvalue weighted by atomic mass is 16.3. The highest BCUT2D eigenvalue weighted by Gasteiger charge is 2.20. The van der Waals surface area contributed by atoms with Gasteiger partial charge < -0.3 is 5.11 Å². The van der Waals surface area contributed by atoms with Gasteiger partial charge in [0.15, 0.2) is 0 Å². The highest BCUT2D eigenvalue weighted by molar-refractivity contribution is 5.69. The Morgan fingerprint density at radius 1 is 1.06 bits per heavy atom. The van der Waals surface area contributed by atoms with Crippen molar-refractivity contribution < 1.29 is 5.11 Å². The van der Waals surface area contributed by atoms with E-state index in [0.717, 1.165) is 24.8 Å². The molecular weight excluding hydrogens is 220 g/mol. The number of fused-ring (bicyclic) bond motifs is 1. The Bertz CT molecular complexity index is 554. The van der Waals surface area contributed by atoms with Crippen LogP contribution in [0.2, 0.25) is 0 Å². The first kappa shape index (κ1) is 11.5. The third-order valence-electron chi connectivity index (χ3n) is 3.84. The van der Waals surface area contributed by atoms with Crippen molar-refractivity contribution in [3.8, 4) is 11.1 Å². The van der Waals surface area contributed by atoms with Crippen LogP contribution in [0, 0.1) is 6.92 Å². The van der Waals surface area contributed by atoms with Gasteiger partial charge >= 0.3 is 0 Å². The van der Waals surface area contributed by atoms with Gasteiger partial charge in [-0.15, -0.1) is 0 Å². The highest BCUT2D eigenvalue weighted by Crippen LogP contribution is 2.36. The van der Waals surface area contributed by atoms with Crippen LogP contribution in [-0.2, 0) is 6.42 Å². The van der Waals surface area contributed by atoms with E-state index in [1.807, 2.05) is 0 Å². The molecule has 2 aromatic carbocycles. The number of aliphatic hydroxyl groups excluding tert-OH is 1. The molecule has 0 saturated carbocycles. The summed E-state index contributed by atoms with van der Waals surface area (Å²) in [6, 6.07) is 14.9. The number of benzene rings is 2. The van der Waals surface area contributed by atoms with Crippen molar-refractivity contribution in [2.75, 3.05) is 0 Å². The fourth-order valence-electron chi connectivity index (χ4n) is 2.83. The Kier molecular flexibility index (Phi) is 2.92. The van der Waals surface area contributed by atoms with Gasteiger partial charge in [0.05, 0.1) is 6.10 Å². The zero-order valence-corrected chi connectivity index (χ0v) is 10.7. The zero-order valence-electron chi connectivity index (χ0n) is 10.7. The molecule has 0 heterocycles. The Hall–Kier alpha value is -1.60. The lowest BCUT2D eigenvalue weighted by Crippen LogP contribution is -2.10. The molecule has 1 aliphatic carbocycles. The number of hydrogen-bond donors (Lipinski definition) is 1. The van der Waals surface area contributed by atoms with Crippen LogP contribution in [0.15, 0.2) is 42.5 Å². The third kappa shape index (κ3) is 1.95. The number of rotatable bonds is 1. The molecule has 0 spiro atoms.